The van der Waals surface area contributed by atoms with Crippen LogP contribution in [0.25, 0.3) is 11.3 Å². The van der Waals surface area contributed by atoms with Gasteiger partial charge in [0.25, 0.3) is 0 Å². The van der Waals surface area contributed by atoms with Gasteiger partial charge in [0.1, 0.15) is 0 Å². The van der Waals surface area contributed by atoms with Gasteiger partial charge in [0.05, 0.1) is 18.2 Å². The average Bonchev–Trinajstić information content (AvgIpc) is 3.10. The molecule has 5 heteroatoms. The van der Waals surface area contributed by atoms with Gasteiger partial charge in [-0.15, -0.1) is 0 Å². The number of nitrogens with one attached hydrogen (secondary N) is 1. The van der Waals surface area contributed by atoms with Gasteiger partial charge in [0, 0.05) is 24.6 Å². The Balaban J connectivity index is 1.47. The van der Waals surface area contributed by atoms with E-state index in [-0.39, 0.29) is 18.9 Å². The molecule has 1 unspecified atom stereocenters. The fraction of sp³-hybridized carbons (Fsp3) is 0.200. The number of carbonyl (C=O) groups excluding carboxylic acids is 1. The topological polar surface area (TPSA) is 75.4 Å². The summed E-state index contributed by atoms with van der Waals surface area (Å²) >= 11 is 0. The number of aliphatic hydroxyl groups excluding tert-OH is 1. The molecule has 0 bridgehead atoms. The predicted octanol–water partition coefficient (Wildman–Crippen LogP) is 2.60. The smallest absolute Gasteiger partial charge is 0.226 e. The Kier molecular flexibility index (Phi) is 5.59. The number of aliphatic hydroxyl groups is 1. The highest BCUT2D eigenvalue weighted by atomic mass is 16.5. The molecule has 3 rings (SSSR count). The summed E-state index contributed by atoms with van der Waals surface area (Å²) in [5.74, 6) is 0.438. The van der Waals surface area contributed by atoms with Gasteiger partial charge in [-0.05, 0) is 5.56 Å². The van der Waals surface area contributed by atoms with Crippen molar-refractivity contribution in [2.45, 2.75) is 18.9 Å². The van der Waals surface area contributed by atoms with Gasteiger partial charge in [0.15, 0.2) is 5.76 Å². The Morgan fingerprint density at radius 1 is 1.08 bits per heavy atom. The average molecular weight is 336 g/mol. The Bertz CT molecular complexity index is 800. The third-order valence-corrected chi connectivity index (χ3v) is 3.81. The molecule has 25 heavy (non-hydrogen) atoms. The lowest BCUT2D eigenvalue weighted by Gasteiger charge is -2.11. The zero-order chi connectivity index (χ0) is 17.5. The molecule has 128 valence electrons. The highest BCUT2D eigenvalue weighted by Gasteiger charge is 2.12. The molecule has 1 atom stereocenters. The normalized spacial score (nSPS) is 11.9. The quantitative estimate of drug-likeness (QED) is 0.695. The van der Waals surface area contributed by atoms with E-state index in [9.17, 15) is 9.90 Å². The summed E-state index contributed by atoms with van der Waals surface area (Å²) in [4.78, 5) is 12.0. The number of rotatable bonds is 7. The van der Waals surface area contributed by atoms with Gasteiger partial charge in [-0.3, -0.25) is 4.79 Å². The lowest BCUT2D eigenvalue weighted by Crippen LogP contribution is -2.34. The second-order valence-corrected chi connectivity index (χ2v) is 5.87. The van der Waals surface area contributed by atoms with Crippen molar-refractivity contribution in [3.8, 4) is 11.3 Å². The lowest BCUT2D eigenvalue weighted by atomic mass is 10.1. The summed E-state index contributed by atoms with van der Waals surface area (Å²) < 4.78 is 5.28. The summed E-state index contributed by atoms with van der Waals surface area (Å²) in [6, 6.07) is 21.0. The van der Waals surface area contributed by atoms with Crippen molar-refractivity contribution in [2.75, 3.05) is 6.54 Å². The SMILES string of the molecule is O=C(Cc1cc(-c2ccccc2)on1)NCC(O)Cc1ccccc1. The van der Waals surface area contributed by atoms with Crippen LogP contribution in [0.2, 0.25) is 0 Å². The third kappa shape index (κ3) is 5.02. The van der Waals surface area contributed by atoms with Crippen molar-refractivity contribution in [2.24, 2.45) is 0 Å². The molecule has 0 saturated heterocycles. The van der Waals surface area contributed by atoms with Gasteiger partial charge >= 0.3 is 0 Å². The van der Waals surface area contributed by atoms with Gasteiger partial charge in [-0.1, -0.05) is 65.8 Å². The van der Waals surface area contributed by atoms with Crippen molar-refractivity contribution >= 4 is 5.91 Å². The van der Waals surface area contributed by atoms with Crippen LogP contribution in [0, 0.1) is 0 Å². The molecule has 3 aromatic rings. The molecule has 2 N–H and O–H groups in total. The van der Waals surface area contributed by atoms with E-state index in [0.717, 1.165) is 11.1 Å². The van der Waals surface area contributed by atoms with Crippen LogP contribution >= 0.6 is 0 Å². The molecule has 0 aliphatic heterocycles. The minimum atomic E-state index is -0.622. The Hall–Kier alpha value is -2.92. The van der Waals surface area contributed by atoms with Crippen LogP contribution in [-0.4, -0.2) is 28.8 Å². The first-order valence-corrected chi connectivity index (χ1v) is 8.20. The minimum Gasteiger partial charge on any atom is -0.391 e. The monoisotopic (exact) mass is 336 g/mol. The first-order valence-electron chi connectivity index (χ1n) is 8.20. The number of aromatic nitrogens is 1. The van der Waals surface area contributed by atoms with Gasteiger partial charge in [-0.2, -0.15) is 0 Å². The standard InChI is InChI=1S/C20H20N2O3/c23-18(11-15-7-3-1-4-8-15)14-21-20(24)13-17-12-19(25-22-17)16-9-5-2-6-10-16/h1-10,12,18,23H,11,13-14H2,(H,21,24). The van der Waals surface area contributed by atoms with Crippen LogP contribution < -0.4 is 5.32 Å². The summed E-state index contributed by atoms with van der Waals surface area (Å²) in [6.07, 6.45) is 0.000922. The maximum Gasteiger partial charge on any atom is 0.226 e. The molecular weight excluding hydrogens is 316 g/mol. The molecule has 0 saturated carbocycles. The number of benzene rings is 2. The second kappa shape index (κ2) is 8.26. The Morgan fingerprint density at radius 3 is 2.48 bits per heavy atom. The second-order valence-electron chi connectivity index (χ2n) is 5.87. The highest BCUT2D eigenvalue weighted by molar-refractivity contribution is 5.78. The van der Waals surface area contributed by atoms with Crippen molar-refractivity contribution in [1.29, 1.82) is 0 Å². The molecule has 0 radical (unpaired) electrons. The molecule has 1 heterocycles. The zero-order valence-electron chi connectivity index (χ0n) is 13.8. The molecule has 1 aromatic heterocycles. The largest absolute Gasteiger partial charge is 0.391 e. The Labute approximate surface area is 146 Å². The van der Waals surface area contributed by atoms with Crippen LogP contribution in [-0.2, 0) is 17.6 Å². The molecule has 2 aromatic carbocycles. The van der Waals surface area contributed by atoms with E-state index < -0.39 is 6.10 Å². The molecule has 0 spiro atoms. The number of carbonyl (C=O) groups is 1. The summed E-state index contributed by atoms with van der Waals surface area (Å²) in [5, 5.41) is 16.7. The van der Waals surface area contributed by atoms with Crippen LogP contribution in [0.3, 0.4) is 0 Å². The predicted molar refractivity (Wildman–Crippen MR) is 94.8 cm³/mol. The van der Waals surface area contributed by atoms with Crippen molar-refractivity contribution in [1.82, 2.24) is 10.5 Å². The minimum absolute atomic E-state index is 0.119. The zero-order valence-corrected chi connectivity index (χ0v) is 13.8. The first kappa shape index (κ1) is 16.9. The van der Waals surface area contributed by atoms with E-state index in [1.165, 1.54) is 0 Å². The summed E-state index contributed by atoms with van der Waals surface area (Å²) in [7, 11) is 0. The van der Waals surface area contributed by atoms with Crippen molar-refractivity contribution in [3.05, 3.63) is 78.0 Å². The van der Waals surface area contributed by atoms with Crippen LogP contribution in [0.1, 0.15) is 11.3 Å². The van der Waals surface area contributed by atoms with Gasteiger partial charge in [-0.25, -0.2) is 0 Å². The first-order chi connectivity index (χ1) is 12.2. The maximum atomic E-state index is 12.0. The number of hydrogen-bond acceptors (Lipinski definition) is 4. The summed E-state index contributed by atoms with van der Waals surface area (Å²) in [6.45, 7) is 0.205. The fourth-order valence-electron chi connectivity index (χ4n) is 2.55. The van der Waals surface area contributed by atoms with Crippen molar-refractivity contribution < 1.29 is 14.4 Å². The van der Waals surface area contributed by atoms with Crippen molar-refractivity contribution in [3.63, 3.8) is 0 Å². The van der Waals surface area contributed by atoms with Crippen LogP contribution in [0.15, 0.2) is 71.3 Å². The Morgan fingerprint density at radius 2 is 1.76 bits per heavy atom. The van der Waals surface area contributed by atoms with Gasteiger partial charge < -0.3 is 14.9 Å². The highest BCUT2D eigenvalue weighted by Crippen LogP contribution is 2.19. The van der Waals surface area contributed by atoms with E-state index in [2.05, 4.69) is 10.5 Å². The van der Waals surface area contributed by atoms with E-state index in [0.29, 0.717) is 17.9 Å². The van der Waals surface area contributed by atoms with Crippen LogP contribution in [0.4, 0.5) is 0 Å². The fourth-order valence-corrected chi connectivity index (χ4v) is 2.55. The lowest BCUT2D eigenvalue weighted by molar-refractivity contribution is -0.121. The van der Waals surface area contributed by atoms with Gasteiger partial charge in [0.2, 0.25) is 5.91 Å². The molecule has 0 aliphatic carbocycles. The number of hydrogen-bond donors (Lipinski definition) is 2. The van der Waals surface area contributed by atoms with Crippen LogP contribution in [0.5, 0.6) is 0 Å². The molecule has 5 nitrogen and oxygen atoms in total. The molecular formula is C20H20N2O3. The van der Waals surface area contributed by atoms with E-state index >= 15 is 0 Å². The number of nitrogens with zero attached hydrogens (tertiary/aromatic N) is 1. The number of amides is 1. The van der Waals surface area contributed by atoms with E-state index in [1.54, 1.807) is 6.07 Å². The molecule has 0 aliphatic rings. The maximum absolute atomic E-state index is 12.0. The molecule has 1 amide bonds. The third-order valence-electron chi connectivity index (χ3n) is 3.81. The van der Waals surface area contributed by atoms with E-state index in [1.807, 2.05) is 60.7 Å². The summed E-state index contributed by atoms with van der Waals surface area (Å²) in [5.41, 5.74) is 2.52. The molecule has 0 fully saturated rings. The van der Waals surface area contributed by atoms with E-state index in [4.69, 9.17) is 4.52 Å².